The molecule has 1 fully saturated rings. The second-order valence-corrected chi connectivity index (χ2v) is 6.14. The van der Waals surface area contributed by atoms with Gasteiger partial charge in [-0.2, -0.15) is 0 Å². The smallest absolute Gasteiger partial charge is 0.321 e. The Bertz CT molecular complexity index is 517. The van der Waals surface area contributed by atoms with Gasteiger partial charge >= 0.3 is 5.82 Å². The van der Waals surface area contributed by atoms with Crippen LogP contribution in [0.3, 0.4) is 0 Å². The number of alkyl halides is 1. The van der Waals surface area contributed by atoms with Gasteiger partial charge in [-0.1, -0.05) is 35.7 Å². The molecule has 1 heterocycles. The molecule has 0 aromatic carbocycles. The van der Waals surface area contributed by atoms with Crippen molar-refractivity contribution in [2.45, 2.75) is 38.1 Å². The first kappa shape index (κ1) is 15.0. The van der Waals surface area contributed by atoms with Gasteiger partial charge in [0.15, 0.2) is 5.69 Å². The summed E-state index contributed by atoms with van der Waals surface area (Å²) < 4.78 is 0. The normalized spacial score (nSPS) is 26.2. The Kier molecular flexibility index (Phi) is 4.47. The highest BCUT2D eigenvalue weighted by Gasteiger charge is 2.36. The third kappa shape index (κ3) is 3.20. The van der Waals surface area contributed by atoms with Crippen LogP contribution in [-0.2, 0) is 0 Å². The number of amides is 1. The van der Waals surface area contributed by atoms with Crippen molar-refractivity contribution in [1.29, 1.82) is 0 Å². The second kappa shape index (κ2) is 5.95. The summed E-state index contributed by atoms with van der Waals surface area (Å²) in [6, 6.07) is 2.75. The van der Waals surface area contributed by atoms with Gasteiger partial charge in [-0.05, 0) is 29.7 Å². The van der Waals surface area contributed by atoms with Crippen molar-refractivity contribution in [3.8, 4) is 0 Å². The lowest BCUT2D eigenvalue weighted by atomic mass is 9.77. The number of halogens is 1. The van der Waals surface area contributed by atoms with E-state index in [1.54, 1.807) is 0 Å². The van der Waals surface area contributed by atoms with Crippen molar-refractivity contribution in [2.24, 2.45) is 5.92 Å². The number of nitrogens with zero attached hydrogens (tertiary/aromatic N) is 1. The molecule has 2 unspecified atom stereocenters. The van der Waals surface area contributed by atoms with Crippen LogP contribution in [0, 0.1) is 16.0 Å². The molecule has 0 bridgehead atoms. The van der Waals surface area contributed by atoms with Crippen LogP contribution in [0.4, 0.5) is 5.82 Å². The van der Waals surface area contributed by atoms with Gasteiger partial charge < -0.3 is 15.4 Å². The molecule has 6 nitrogen and oxygen atoms in total. The molecule has 1 aliphatic rings. The fourth-order valence-corrected chi connectivity index (χ4v) is 3.51. The Morgan fingerprint density at radius 2 is 2.40 bits per heavy atom. The van der Waals surface area contributed by atoms with Gasteiger partial charge in [0.25, 0.3) is 5.91 Å². The first-order valence-electron chi connectivity index (χ1n) is 6.68. The molecular formula is C13H18BrN3O3. The minimum atomic E-state index is -0.542. The van der Waals surface area contributed by atoms with Crippen LogP contribution in [0.1, 0.15) is 43.1 Å². The summed E-state index contributed by atoms with van der Waals surface area (Å²) in [5.74, 6) is 0.117. The zero-order valence-corrected chi connectivity index (χ0v) is 12.9. The number of aromatic amines is 1. The van der Waals surface area contributed by atoms with Crippen molar-refractivity contribution in [2.75, 3.05) is 5.33 Å². The second-order valence-electron chi connectivity index (χ2n) is 5.58. The molecule has 2 rings (SSSR count). The van der Waals surface area contributed by atoms with Crippen LogP contribution in [-0.4, -0.2) is 26.7 Å². The zero-order chi connectivity index (χ0) is 14.8. The molecule has 2 N–H and O–H groups in total. The third-order valence-corrected chi connectivity index (χ3v) is 4.91. The van der Waals surface area contributed by atoms with Crippen molar-refractivity contribution >= 4 is 27.7 Å². The summed E-state index contributed by atoms with van der Waals surface area (Å²) in [4.78, 5) is 24.8. The van der Waals surface area contributed by atoms with E-state index in [4.69, 9.17) is 0 Å². The predicted octanol–water partition coefficient (Wildman–Crippen LogP) is 3.00. The summed E-state index contributed by atoms with van der Waals surface area (Å²) in [6.45, 7) is 2.18. The molecule has 110 valence electrons. The minimum absolute atomic E-state index is 0.167. The van der Waals surface area contributed by atoms with Crippen molar-refractivity contribution in [1.82, 2.24) is 10.3 Å². The number of rotatable bonds is 4. The zero-order valence-electron chi connectivity index (χ0n) is 11.3. The van der Waals surface area contributed by atoms with Crippen LogP contribution < -0.4 is 5.32 Å². The van der Waals surface area contributed by atoms with E-state index in [0.29, 0.717) is 11.2 Å². The van der Waals surface area contributed by atoms with Crippen molar-refractivity contribution in [3.05, 3.63) is 27.9 Å². The van der Waals surface area contributed by atoms with E-state index in [2.05, 4.69) is 33.2 Å². The van der Waals surface area contributed by atoms with Gasteiger partial charge in [0.2, 0.25) is 0 Å². The van der Waals surface area contributed by atoms with Crippen molar-refractivity contribution in [3.63, 3.8) is 0 Å². The number of carbonyl (C=O) groups is 1. The average Bonchev–Trinajstić information content (AvgIpc) is 2.88. The topological polar surface area (TPSA) is 88.0 Å². The Morgan fingerprint density at radius 1 is 1.65 bits per heavy atom. The quantitative estimate of drug-likeness (QED) is 0.500. The van der Waals surface area contributed by atoms with Gasteiger partial charge in [-0.3, -0.25) is 4.79 Å². The summed E-state index contributed by atoms with van der Waals surface area (Å²) >= 11 is 3.49. The highest BCUT2D eigenvalue weighted by molar-refractivity contribution is 9.09. The molecule has 0 aliphatic heterocycles. The Labute approximate surface area is 125 Å². The van der Waals surface area contributed by atoms with Crippen LogP contribution in [0.5, 0.6) is 0 Å². The molecule has 1 amide bonds. The van der Waals surface area contributed by atoms with E-state index in [-0.39, 0.29) is 23.0 Å². The van der Waals surface area contributed by atoms with Crippen LogP contribution in [0.25, 0.3) is 0 Å². The molecule has 1 aromatic rings. The van der Waals surface area contributed by atoms with E-state index >= 15 is 0 Å². The maximum absolute atomic E-state index is 12.2. The maximum atomic E-state index is 12.2. The lowest BCUT2D eigenvalue weighted by Gasteiger charge is -2.39. The SMILES string of the molecule is CC1CCCC(CBr)(NC(=O)c2ccc([N+](=O)[O-])[nH]2)C1. The van der Waals surface area contributed by atoms with Gasteiger partial charge in [-0.15, -0.1) is 0 Å². The maximum Gasteiger partial charge on any atom is 0.321 e. The Hall–Kier alpha value is -1.37. The fourth-order valence-electron chi connectivity index (χ4n) is 2.86. The monoisotopic (exact) mass is 343 g/mol. The van der Waals surface area contributed by atoms with Gasteiger partial charge in [0.1, 0.15) is 0 Å². The van der Waals surface area contributed by atoms with Gasteiger partial charge in [-0.25, -0.2) is 4.98 Å². The van der Waals surface area contributed by atoms with E-state index in [1.165, 1.54) is 18.6 Å². The molecule has 0 spiro atoms. The summed E-state index contributed by atoms with van der Waals surface area (Å²) in [7, 11) is 0. The number of nitrogens with one attached hydrogen (secondary N) is 2. The minimum Gasteiger partial charge on any atom is -0.358 e. The van der Waals surface area contributed by atoms with E-state index in [1.807, 2.05) is 0 Å². The highest BCUT2D eigenvalue weighted by Crippen LogP contribution is 2.33. The standard InChI is InChI=1S/C13H18BrN3O3/c1-9-3-2-6-13(7-9,8-14)16-12(18)10-4-5-11(15-10)17(19)20/h4-5,9,15H,2-3,6-8H2,1H3,(H,16,18). The van der Waals surface area contributed by atoms with E-state index in [0.717, 1.165) is 19.3 Å². The largest absolute Gasteiger partial charge is 0.358 e. The van der Waals surface area contributed by atoms with Gasteiger partial charge in [0.05, 0.1) is 5.54 Å². The number of hydrogen-bond acceptors (Lipinski definition) is 3. The highest BCUT2D eigenvalue weighted by atomic mass is 79.9. The lowest BCUT2D eigenvalue weighted by molar-refractivity contribution is -0.389. The molecule has 0 saturated heterocycles. The molecule has 1 aromatic heterocycles. The van der Waals surface area contributed by atoms with E-state index < -0.39 is 4.92 Å². The average molecular weight is 344 g/mol. The third-order valence-electron chi connectivity index (χ3n) is 3.84. The first-order chi connectivity index (χ1) is 9.46. The molecule has 7 heteroatoms. The molecular weight excluding hydrogens is 326 g/mol. The van der Waals surface area contributed by atoms with Crippen LogP contribution in [0.2, 0.25) is 0 Å². The Morgan fingerprint density at radius 3 is 2.95 bits per heavy atom. The summed E-state index contributed by atoms with van der Waals surface area (Å²) in [5.41, 5.74) is -0.0236. The number of aromatic nitrogens is 1. The summed E-state index contributed by atoms with van der Waals surface area (Å²) in [5, 5.41) is 14.4. The van der Waals surface area contributed by atoms with E-state index in [9.17, 15) is 14.9 Å². The number of hydrogen-bond donors (Lipinski definition) is 2. The van der Waals surface area contributed by atoms with Crippen molar-refractivity contribution < 1.29 is 9.72 Å². The van der Waals surface area contributed by atoms with Gasteiger partial charge in [0, 0.05) is 11.4 Å². The fraction of sp³-hybridized carbons (Fsp3) is 0.615. The Balaban J connectivity index is 2.10. The summed E-state index contributed by atoms with van der Waals surface area (Å²) in [6.07, 6.45) is 4.11. The molecule has 1 saturated carbocycles. The number of nitro groups is 1. The van der Waals surface area contributed by atoms with Crippen LogP contribution in [0.15, 0.2) is 12.1 Å². The molecule has 20 heavy (non-hydrogen) atoms. The molecule has 2 atom stereocenters. The molecule has 1 aliphatic carbocycles. The predicted molar refractivity (Wildman–Crippen MR) is 79.1 cm³/mol. The molecule has 0 radical (unpaired) electrons. The van der Waals surface area contributed by atoms with Crippen LogP contribution >= 0.6 is 15.9 Å². The number of carbonyl (C=O) groups excluding carboxylic acids is 1. The number of H-pyrrole nitrogens is 1. The lowest BCUT2D eigenvalue weighted by Crippen LogP contribution is -2.52. The first-order valence-corrected chi connectivity index (χ1v) is 7.80.